The van der Waals surface area contributed by atoms with Crippen molar-refractivity contribution in [1.82, 2.24) is 14.6 Å². The van der Waals surface area contributed by atoms with Gasteiger partial charge in [0.15, 0.2) is 5.76 Å². The SMILES string of the molecule is O=c1c2c(ccn1CC1CCN(Cc3cc(-c4ccccc4)no3)CC1)C=CC2. The second kappa shape index (κ2) is 7.84. The van der Waals surface area contributed by atoms with Crippen LogP contribution in [-0.2, 0) is 19.5 Å². The molecule has 0 radical (unpaired) electrons. The van der Waals surface area contributed by atoms with Crippen LogP contribution in [0.3, 0.4) is 0 Å². The van der Waals surface area contributed by atoms with Crippen LogP contribution in [0.2, 0.25) is 0 Å². The first-order valence-corrected chi connectivity index (χ1v) is 10.4. The molecule has 2 aliphatic rings. The number of fused-ring (bicyclic) bond motifs is 1. The summed E-state index contributed by atoms with van der Waals surface area (Å²) in [6.07, 6.45) is 9.05. The number of likely N-dealkylation sites (tertiary alicyclic amines) is 1. The average Bonchev–Trinajstić information content (AvgIpc) is 3.42. The fourth-order valence-corrected chi connectivity index (χ4v) is 4.40. The molecule has 1 aliphatic carbocycles. The largest absolute Gasteiger partial charge is 0.359 e. The van der Waals surface area contributed by atoms with E-state index in [4.69, 9.17) is 4.52 Å². The molecule has 5 heteroatoms. The predicted octanol–water partition coefficient (Wildman–Crippen LogP) is 3.98. The third-order valence-electron chi connectivity index (χ3n) is 6.09. The van der Waals surface area contributed by atoms with Gasteiger partial charge in [-0.05, 0) is 49.9 Å². The van der Waals surface area contributed by atoms with Gasteiger partial charge in [0.1, 0.15) is 5.69 Å². The van der Waals surface area contributed by atoms with Gasteiger partial charge < -0.3 is 9.09 Å². The molecule has 5 rings (SSSR count). The standard InChI is InChI=1S/C24H25N3O2/c28-24-22-8-4-7-19(22)11-14-27(24)16-18-9-12-26(13-10-18)17-21-15-23(25-29-21)20-5-2-1-3-6-20/h1-7,11,14-15,18H,8-10,12-13,16-17H2. The van der Waals surface area contributed by atoms with Crippen molar-refractivity contribution in [2.45, 2.75) is 32.4 Å². The summed E-state index contributed by atoms with van der Waals surface area (Å²) in [6, 6.07) is 14.2. The zero-order valence-electron chi connectivity index (χ0n) is 16.5. The van der Waals surface area contributed by atoms with Gasteiger partial charge in [0, 0.05) is 29.9 Å². The molecule has 3 aromatic rings. The van der Waals surface area contributed by atoms with Crippen LogP contribution in [-0.4, -0.2) is 27.7 Å². The van der Waals surface area contributed by atoms with Crippen LogP contribution in [0.15, 0.2) is 64.1 Å². The summed E-state index contributed by atoms with van der Waals surface area (Å²) in [5.74, 6) is 1.45. The molecule has 0 spiro atoms. The highest BCUT2D eigenvalue weighted by Crippen LogP contribution is 2.23. The van der Waals surface area contributed by atoms with Gasteiger partial charge in [-0.3, -0.25) is 9.69 Å². The van der Waals surface area contributed by atoms with Crippen LogP contribution in [0.4, 0.5) is 0 Å². The Hall–Kier alpha value is -2.92. The van der Waals surface area contributed by atoms with Crippen molar-refractivity contribution < 1.29 is 4.52 Å². The van der Waals surface area contributed by atoms with Crippen LogP contribution >= 0.6 is 0 Å². The third-order valence-corrected chi connectivity index (χ3v) is 6.09. The Morgan fingerprint density at radius 3 is 2.76 bits per heavy atom. The second-order valence-electron chi connectivity index (χ2n) is 8.08. The maximum Gasteiger partial charge on any atom is 0.254 e. The quantitative estimate of drug-likeness (QED) is 0.664. The van der Waals surface area contributed by atoms with Crippen molar-refractivity contribution in [3.8, 4) is 11.3 Å². The van der Waals surface area contributed by atoms with E-state index >= 15 is 0 Å². The van der Waals surface area contributed by atoms with Crippen LogP contribution in [0.5, 0.6) is 0 Å². The summed E-state index contributed by atoms with van der Waals surface area (Å²) in [6.45, 7) is 3.65. The van der Waals surface area contributed by atoms with E-state index in [1.54, 1.807) is 0 Å². The Morgan fingerprint density at radius 1 is 1.10 bits per heavy atom. The molecule has 3 heterocycles. The van der Waals surface area contributed by atoms with E-state index in [0.717, 1.165) is 73.6 Å². The monoisotopic (exact) mass is 387 g/mol. The molecule has 0 N–H and O–H groups in total. The summed E-state index contributed by atoms with van der Waals surface area (Å²) in [7, 11) is 0. The Bertz CT molecular complexity index is 1070. The van der Waals surface area contributed by atoms with E-state index in [1.165, 1.54) is 0 Å². The highest BCUT2D eigenvalue weighted by atomic mass is 16.5. The number of hydrogen-bond donors (Lipinski definition) is 0. The molecule has 1 saturated heterocycles. The van der Waals surface area contributed by atoms with Crippen LogP contribution in [0.25, 0.3) is 17.3 Å². The molecule has 29 heavy (non-hydrogen) atoms. The second-order valence-corrected chi connectivity index (χ2v) is 8.08. The average molecular weight is 387 g/mol. The number of pyridine rings is 1. The molecule has 0 amide bonds. The van der Waals surface area contributed by atoms with Crippen LogP contribution in [0.1, 0.15) is 29.7 Å². The van der Waals surface area contributed by atoms with E-state index in [9.17, 15) is 4.79 Å². The lowest BCUT2D eigenvalue weighted by molar-refractivity contribution is 0.153. The normalized spacial score (nSPS) is 17.0. The fourth-order valence-electron chi connectivity index (χ4n) is 4.40. The van der Waals surface area contributed by atoms with E-state index < -0.39 is 0 Å². The Kier molecular flexibility index (Phi) is 4.90. The molecule has 2 aromatic heterocycles. The molecule has 1 aromatic carbocycles. The summed E-state index contributed by atoms with van der Waals surface area (Å²) in [5, 5.41) is 4.22. The zero-order valence-corrected chi connectivity index (χ0v) is 16.5. The zero-order chi connectivity index (χ0) is 19.6. The minimum atomic E-state index is 0.185. The summed E-state index contributed by atoms with van der Waals surface area (Å²) in [5.41, 5.74) is 4.19. The highest BCUT2D eigenvalue weighted by molar-refractivity contribution is 5.59. The molecular formula is C24H25N3O2. The lowest BCUT2D eigenvalue weighted by atomic mass is 9.96. The van der Waals surface area contributed by atoms with Gasteiger partial charge in [0.2, 0.25) is 0 Å². The third kappa shape index (κ3) is 3.83. The van der Waals surface area contributed by atoms with E-state index in [0.29, 0.717) is 5.92 Å². The number of aromatic nitrogens is 2. The number of piperidine rings is 1. The first kappa shape index (κ1) is 18.1. The van der Waals surface area contributed by atoms with Gasteiger partial charge in [-0.25, -0.2) is 0 Å². The summed E-state index contributed by atoms with van der Waals surface area (Å²) < 4.78 is 7.47. The molecule has 0 unspecified atom stereocenters. The molecule has 0 bridgehead atoms. The minimum absolute atomic E-state index is 0.185. The van der Waals surface area contributed by atoms with Gasteiger partial charge in [-0.2, -0.15) is 0 Å². The Morgan fingerprint density at radius 2 is 1.93 bits per heavy atom. The maximum absolute atomic E-state index is 12.7. The van der Waals surface area contributed by atoms with Crippen LogP contribution < -0.4 is 5.56 Å². The number of benzene rings is 1. The van der Waals surface area contributed by atoms with Gasteiger partial charge in [-0.1, -0.05) is 47.6 Å². The van der Waals surface area contributed by atoms with Crippen molar-refractivity contribution in [1.29, 1.82) is 0 Å². The van der Waals surface area contributed by atoms with Gasteiger partial charge in [-0.15, -0.1) is 0 Å². The molecule has 148 valence electrons. The topological polar surface area (TPSA) is 51.3 Å². The molecule has 0 saturated carbocycles. The van der Waals surface area contributed by atoms with E-state index in [-0.39, 0.29) is 5.56 Å². The summed E-state index contributed by atoms with van der Waals surface area (Å²) >= 11 is 0. The smallest absolute Gasteiger partial charge is 0.254 e. The first-order valence-electron chi connectivity index (χ1n) is 10.4. The van der Waals surface area contributed by atoms with Crippen molar-refractivity contribution in [2.24, 2.45) is 5.92 Å². The molecule has 1 aliphatic heterocycles. The van der Waals surface area contributed by atoms with E-state index in [2.05, 4.69) is 22.2 Å². The number of allylic oxidation sites excluding steroid dienone is 1. The number of rotatable bonds is 5. The minimum Gasteiger partial charge on any atom is -0.359 e. The molecule has 0 atom stereocenters. The van der Waals surface area contributed by atoms with Gasteiger partial charge in [0.25, 0.3) is 5.56 Å². The number of hydrogen-bond acceptors (Lipinski definition) is 4. The Balaban J connectivity index is 1.17. The predicted molar refractivity (Wildman–Crippen MR) is 113 cm³/mol. The van der Waals surface area contributed by atoms with Gasteiger partial charge >= 0.3 is 0 Å². The van der Waals surface area contributed by atoms with Gasteiger partial charge in [0.05, 0.1) is 6.54 Å². The Labute approximate surface area is 170 Å². The van der Waals surface area contributed by atoms with Crippen molar-refractivity contribution in [3.05, 3.63) is 82.0 Å². The van der Waals surface area contributed by atoms with Crippen LogP contribution in [0, 0.1) is 5.92 Å². The lowest BCUT2D eigenvalue weighted by Crippen LogP contribution is -2.36. The first-order chi connectivity index (χ1) is 14.3. The maximum atomic E-state index is 12.7. The van der Waals surface area contributed by atoms with Crippen molar-refractivity contribution in [2.75, 3.05) is 13.1 Å². The van der Waals surface area contributed by atoms with Crippen molar-refractivity contribution in [3.63, 3.8) is 0 Å². The number of nitrogens with zero attached hydrogens (tertiary/aromatic N) is 3. The highest BCUT2D eigenvalue weighted by Gasteiger charge is 2.22. The lowest BCUT2D eigenvalue weighted by Gasteiger charge is -2.31. The fraction of sp³-hybridized carbons (Fsp3) is 0.333. The van der Waals surface area contributed by atoms with E-state index in [1.807, 2.05) is 53.2 Å². The molecular weight excluding hydrogens is 362 g/mol. The molecule has 1 fully saturated rings. The summed E-state index contributed by atoms with van der Waals surface area (Å²) in [4.78, 5) is 15.1. The molecule has 5 nitrogen and oxygen atoms in total. The van der Waals surface area contributed by atoms with Crippen molar-refractivity contribution >= 4 is 6.08 Å².